The molecule has 2 atom stereocenters. The van der Waals surface area contributed by atoms with E-state index in [0.717, 1.165) is 37.7 Å². The SMILES string of the molecule is CC(C)[C@]1(C(=O)N2CCc3ccc(C(F)(F)F)cc3C2)C=C[C@@H](NC2CCOCC2)C1. The highest BCUT2D eigenvalue weighted by Crippen LogP contribution is 2.42. The third kappa shape index (κ3) is 4.53. The minimum absolute atomic E-state index is 0.0260. The first-order chi connectivity index (χ1) is 14.7. The highest BCUT2D eigenvalue weighted by atomic mass is 19.4. The molecule has 0 bridgehead atoms. The fourth-order valence-corrected chi connectivity index (χ4v) is 5.10. The number of halogens is 3. The van der Waals surface area contributed by atoms with Crippen molar-refractivity contribution >= 4 is 5.91 Å². The zero-order valence-electron chi connectivity index (χ0n) is 18.2. The number of benzene rings is 1. The summed E-state index contributed by atoms with van der Waals surface area (Å²) in [4.78, 5) is 15.5. The van der Waals surface area contributed by atoms with E-state index in [1.165, 1.54) is 6.07 Å². The lowest BCUT2D eigenvalue weighted by Crippen LogP contribution is -2.49. The van der Waals surface area contributed by atoms with Gasteiger partial charge in [-0.05, 0) is 54.9 Å². The van der Waals surface area contributed by atoms with Gasteiger partial charge in [-0.25, -0.2) is 0 Å². The molecule has 4 nitrogen and oxygen atoms in total. The van der Waals surface area contributed by atoms with E-state index < -0.39 is 17.2 Å². The Labute approximate surface area is 181 Å². The van der Waals surface area contributed by atoms with Crippen LogP contribution >= 0.6 is 0 Å². The van der Waals surface area contributed by atoms with E-state index in [4.69, 9.17) is 4.74 Å². The fraction of sp³-hybridized carbons (Fsp3) is 0.625. The number of hydrogen-bond acceptors (Lipinski definition) is 3. The topological polar surface area (TPSA) is 41.6 Å². The Morgan fingerprint density at radius 3 is 2.65 bits per heavy atom. The van der Waals surface area contributed by atoms with Crippen LogP contribution in [-0.4, -0.2) is 42.6 Å². The highest BCUT2D eigenvalue weighted by Gasteiger charge is 2.47. The predicted molar refractivity (Wildman–Crippen MR) is 112 cm³/mol. The van der Waals surface area contributed by atoms with Gasteiger partial charge in [0.25, 0.3) is 0 Å². The van der Waals surface area contributed by atoms with Crippen LogP contribution in [0.3, 0.4) is 0 Å². The zero-order valence-corrected chi connectivity index (χ0v) is 18.2. The molecule has 1 N–H and O–H groups in total. The lowest BCUT2D eigenvalue weighted by Gasteiger charge is -2.39. The van der Waals surface area contributed by atoms with Crippen LogP contribution in [0.1, 0.15) is 49.8 Å². The number of nitrogens with zero attached hydrogens (tertiary/aromatic N) is 1. The third-order valence-corrected chi connectivity index (χ3v) is 7.12. The maximum atomic E-state index is 13.7. The second kappa shape index (κ2) is 8.58. The van der Waals surface area contributed by atoms with Crippen LogP contribution < -0.4 is 5.32 Å². The smallest absolute Gasteiger partial charge is 0.381 e. The molecule has 31 heavy (non-hydrogen) atoms. The first kappa shape index (κ1) is 22.3. The normalized spacial score (nSPS) is 27.0. The number of carbonyl (C=O) groups is 1. The lowest BCUT2D eigenvalue weighted by molar-refractivity contribution is -0.143. The molecule has 3 aliphatic rings. The monoisotopic (exact) mass is 436 g/mol. The maximum Gasteiger partial charge on any atom is 0.416 e. The molecule has 170 valence electrons. The number of alkyl halides is 3. The Kier molecular flexibility index (Phi) is 6.19. The Balaban J connectivity index is 1.49. The van der Waals surface area contributed by atoms with Gasteiger partial charge in [0.15, 0.2) is 0 Å². The first-order valence-corrected chi connectivity index (χ1v) is 11.2. The number of fused-ring (bicyclic) bond motifs is 1. The number of hydrogen-bond donors (Lipinski definition) is 1. The van der Waals surface area contributed by atoms with E-state index in [2.05, 4.69) is 25.2 Å². The molecule has 0 radical (unpaired) electrons. The number of ether oxygens (including phenoxy) is 1. The third-order valence-electron chi connectivity index (χ3n) is 7.12. The van der Waals surface area contributed by atoms with Crippen molar-refractivity contribution < 1.29 is 22.7 Å². The van der Waals surface area contributed by atoms with Gasteiger partial charge in [0, 0.05) is 38.4 Å². The Bertz CT molecular complexity index is 846. The molecule has 2 aliphatic heterocycles. The number of nitrogens with one attached hydrogen (secondary N) is 1. The van der Waals surface area contributed by atoms with Gasteiger partial charge >= 0.3 is 6.18 Å². The lowest BCUT2D eigenvalue weighted by atomic mass is 9.74. The van der Waals surface area contributed by atoms with Gasteiger partial charge in [0.05, 0.1) is 11.0 Å². The van der Waals surface area contributed by atoms with Gasteiger partial charge in [-0.15, -0.1) is 0 Å². The molecule has 2 heterocycles. The zero-order chi connectivity index (χ0) is 22.2. The highest BCUT2D eigenvalue weighted by molar-refractivity contribution is 5.86. The van der Waals surface area contributed by atoms with Crippen LogP contribution in [-0.2, 0) is 28.7 Å². The average Bonchev–Trinajstić information content (AvgIpc) is 3.17. The van der Waals surface area contributed by atoms with E-state index in [0.29, 0.717) is 31.0 Å². The van der Waals surface area contributed by atoms with Crippen molar-refractivity contribution in [1.82, 2.24) is 10.2 Å². The van der Waals surface area contributed by atoms with Crippen molar-refractivity contribution in [3.05, 3.63) is 47.0 Å². The van der Waals surface area contributed by atoms with E-state index >= 15 is 0 Å². The van der Waals surface area contributed by atoms with Crippen LogP contribution in [0.5, 0.6) is 0 Å². The predicted octanol–water partition coefficient (Wildman–Crippen LogP) is 4.33. The molecule has 1 aromatic carbocycles. The average molecular weight is 437 g/mol. The molecule has 0 unspecified atom stereocenters. The van der Waals surface area contributed by atoms with Crippen molar-refractivity contribution in [2.75, 3.05) is 19.8 Å². The largest absolute Gasteiger partial charge is 0.416 e. The molecule has 0 aromatic heterocycles. The number of amides is 1. The summed E-state index contributed by atoms with van der Waals surface area (Å²) in [6.45, 7) is 6.40. The van der Waals surface area contributed by atoms with Crippen LogP contribution in [0.2, 0.25) is 0 Å². The van der Waals surface area contributed by atoms with Crippen molar-refractivity contribution in [3.63, 3.8) is 0 Å². The quantitative estimate of drug-likeness (QED) is 0.715. The molecule has 7 heteroatoms. The Hall–Kier alpha value is -1.86. The standard InChI is InChI=1S/C24H31F3N2O2/c1-16(2)23(9-5-21(14-23)28-20-7-11-31-12-8-20)22(30)29-10-6-17-3-4-19(24(25,26)27)13-18(17)15-29/h3-5,9,13,16,20-21,28H,6-8,10-12,14-15H2,1-2H3/t21-,23+/m1/s1. The molecule has 4 rings (SSSR count). The van der Waals surface area contributed by atoms with Crippen LogP contribution in [0.25, 0.3) is 0 Å². The van der Waals surface area contributed by atoms with Gasteiger partial charge in [0.1, 0.15) is 0 Å². The summed E-state index contributed by atoms with van der Waals surface area (Å²) < 4.78 is 44.9. The van der Waals surface area contributed by atoms with E-state index in [9.17, 15) is 18.0 Å². The molecular formula is C24H31F3N2O2. The maximum absolute atomic E-state index is 13.7. The summed E-state index contributed by atoms with van der Waals surface area (Å²) in [5, 5.41) is 3.66. The van der Waals surface area contributed by atoms with Crippen molar-refractivity contribution in [2.45, 2.75) is 64.3 Å². The molecule has 0 saturated carbocycles. The molecular weight excluding hydrogens is 405 g/mol. The van der Waals surface area contributed by atoms with Gasteiger partial charge in [0.2, 0.25) is 5.91 Å². The van der Waals surface area contributed by atoms with Crippen molar-refractivity contribution in [1.29, 1.82) is 0 Å². The molecule has 1 aliphatic carbocycles. The minimum Gasteiger partial charge on any atom is -0.381 e. The molecule has 1 amide bonds. The van der Waals surface area contributed by atoms with Crippen LogP contribution in [0.4, 0.5) is 13.2 Å². The summed E-state index contributed by atoms with van der Waals surface area (Å²) in [5.41, 5.74) is 0.228. The minimum atomic E-state index is -4.38. The Morgan fingerprint density at radius 1 is 1.23 bits per heavy atom. The second-order valence-corrected chi connectivity index (χ2v) is 9.38. The van der Waals surface area contributed by atoms with Gasteiger partial charge in [-0.3, -0.25) is 4.79 Å². The molecule has 1 saturated heterocycles. The second-order valence-electron chi connectivity index (χ2n) is 9.38. The summed E-state index contributed by atoms with van der Waals surface area (Å²) in [5.74, 6) is 0.124. The van der Waals surface area contributed by atoms with Crippen molar-refractivity contribution in [3.8, 4) is 0 Å². The first-order valence-electron chi connectivity index (χ1n) is 11.2. The summed E-state index contributed by atoms with van der Waals surface area (Å²) in [6, 6.07) is 4.42. The summed E-state index contributed by atoms with van der Waals surface area (Å²) >= 11 is 0. The van der Waals surface area contributed by atoms with Crippen molar-refractivity contribution in [2.24, 2.45) is 11.3 Å². The Morgan fingerprint density at radius 2 is 1.97 bits per heavy atom. The van der Waals surface area contributed by atoms with Gasteiger partial charge < -0.3 is 15.0 Å². The van der Waals surface area contributed by atoms with Crippen LogP contribution in [0.15, 0.2) is 30.4 Å². The molecule has 1 aromatic rings. The molecule has 0 spiro atoms. The van der Waals surface area contributed by atoms with Crippen LogP contribution in [0, 0.1) is 11.3 Å². The number of rotatable bonds is 4. The molecule has 1 fully saturated rings. The summed E-state index contributed by atoms with van der Waals surface area (Å²) in [7, 11) is 0. The van der Waals surface area contributed by atoms with E-state index in [-0.39, 0.29) is 24.4 Å². The van der Waals surface area contributed by atoms with Gasteiger partial charge in [-0.2, -0.15) is 13.2 Å². The van der Waals surface area contributed by atoms with E-state index in [1.54, 1.807) is 11.0 Å². The number of carbonyl (C=O) groups excluding carboxylic acids is 1. The van der Waals surface area contributed by atoms with Gasteiger partial charge in [-0.1, -0.05) is 32.1 Å². The summed E-state index contributed by atoms with van der Waals surface area (Å²) in [6.07, 6.45) is 2.98. The fourth-order valence-electron chi connectivity index (χ4n) is 5.10. The van der Waals surface area contributed by atoms with E-state index in [1.807, 2.05) is 6.08 Å².